The van der Waals surface area contributed by atoms with Gasteiger partial charge in [0, 0.05) is 12.1 Å². The van der Waals surface area contributed by atoms with Crippen LogP contribution in [-0.4, -0.2) is 19.9 Å². The van der Waals surface area contributed by atoms with Gasteiger partial charge in [-0.2, -0.15) is 0 Å². The lowest BCUT2D eigenvalue weighted by atomic mass is 10.2. The molecule has 0 fully saturated rings. The first-order valence-corrected chi connectivity index (χ1v) is 6.29. The molecule has 0 aliphatic carbocycles. The molecule has 1 N–H and O–H groups in total. The zero-order valence-electron chi connectivity index (χ0n) is 10.5. The van der Waals surface area contributed by atoms with Crippen LogP contribution < -0.4 is 0 Å². The Hall–Kier alpha value is -1.39. The second-order valence-corrected chi connectivity index (χ2v) is 4.99. The highest BCUT2D eigenvalue weighted by Gasteiger charge is 2.15. The van der Waals surface area contributed by atoms with Crippen LogP contribution in [0.25, 0.3) is 11.4 Å². The lowest BCUT2D eigenvalue weighted by molar-refractivity contribution is 0.262. The molecule has 4 nitrogen and oxygen atoms in total. The van der Waals surface area contributed by atoms with Crippen LogP contribution in [0.5, 0.6) is 0 Å². The monoisotopic (exact) mass is 265 g/mol. The SMILES string of the molecule is CC(C)Cn1c(CO)nnc1-c1ccccc1Cl. The summed E-state index contributed by atoms with van der Waals surface area (Å²) in [5.41, 5.74) is 0.840. The molecule has 0 amide bonds. The molecule has 18 heavy (non-hydrogen) atoms. The Balaban J connectivity index is 2.51. The van der Waals surface area contributed by atoms with Crippen molar-refractivity contribution >= 4 is 11.6 Å². The van der Waals surface area contributed by atoms with Crippen molar-refractivity contribution in [2.75, 3.05) is 0 Å². The number of hydrogen-bond acceptors (Lipinski definition) is 3. The smallest absolute Gasteiger partial charge is 0.165 e. The van der Waals surface area contributed by atoms with E-state index in [1.54, 1.807) is 0 Å². The molecule has 1 aromatic heterocycles. The Bertz CT molecular complexity index is 537. The summed E-state index contributed by atoms with van der Waals surface area (Å²) in [6.07, 6.45) is 0. The first kappa shape index (κ1) is 13.1. The predicted molar refractivity (Wildman–Crippen MR) is 71.2 cm³/mol. The second-order valence-electron chi connectivity index (χ2n) is 4.58. The van der Waals surface area contributed by atoms with Crippen molar-refractivity contribution in [3.8, 4) is 11.4 Å². The summed E-state index contributed by atoms with van der Waals surface area (Å²) in [4.78, 5) is 0. The minimum atomic E-state index is -0.121. The molecule has 0 radical (unpaired) electrons. The van der Waals surface area contributed by atoms with Crippen molar-refractivity contribution in [2.45, 2.75) is 27.0 Å². The Morgan fingerprint density at radius 2 is 2.00 bits per heavy atom. The van der Waals surface area contributed by atoms with Gasteiger partial charge in [0.05, 0.1) is 5.02 Å². The molecule has 0 saturated carbocycles. The third kappa shape index (κ3) is 2.54. The normalized spacial score (nSPS) is 11.2. The molecule has 2 rings (SSSR count). The van der Waals surface area contributed by atoms with E-state index < -0.39 is 0 Å². The van der Waals surface area contributed by atoms with Gasteiger partial charge in [0.2, 0.25) is 0 Å². The molecule has 1 heterocycles. The van der Waals surface area contributed by atoms with Gasteiger partial charge in [-0.05, 0) is 18.1 Å². The Labute approximate surface area is 111 Å². The number of aromatic nitrogens is 3. The highest BCUT2D eigenvalue weighted by Crippen LogP contribution is 2.27. The highest BCUT2D eigenvalue weighted by molar-refractivity contribution is 6.33. The van der Waals surface area contributed by atoms with E-state index in [2.05, 4.69) is 24.0 Å². The molecule has 2 aromatic rings. The molecule has 5 heteroatoms. The largest absolute Gasteiger partial charge is 0.388 e. The fourth-order valence-electron chi connectivity index (χ4n) is 1.85. The zero-order chi connectivity index (χ0) is 13.1. The van der Waals surface area contributed by atoms with E-state index in [-0.39, 0.29) is 6.61 Å². The lowest BCUT2D eigenvalue weighted by Crippen LogP contribution is -2.10. The molecule has 0 spiro atoms. The van der Waals surface area contributed by atoms with Gasteiger partial charge in [0.1, 0.15) is 6.61 Å². The summed E-state index contributed by atoms with van der Waals surface area (Å²) < 4.78 is 1.92. The van der Waals surface area contributed by atoms with Crippen LogP contribution in [0.3, 0.4) is 0 Å². The van der Waals surface area contributed by atoms with Gasteiger partial charge in [0.25, 0.3) is 0 Å². The minimum Gasteiger partial charge on any atom is -0.388 e. The summed E-state index contributed by atoms with van der Waals surface area (Å²) in [5.74, 6) is 1.71. The number of rotatable bonds is 4. The molecule has 96 valence electrons. The average Bonchev–Trinajstić information content (AvgIpc) is 2.72. The van der Waals surface area contributed by atoms with E-state index in [0.717, 1.165) is 12.1 Å². The van der Waals surface area contributed by atoms with Gasteiger partial charge in [-0.3, -0.25) is 0 Å². The van der Waals surface area contributed by atoms with Crippen LogP contribution in [0.15, 0.2) is 24.3 Å². The van der Waals surface area contributed by atoms with Crippen LogP contribution in [0.1, 0.15) is 19.7 Å². The van der Waals surface area contributed by atoms with Crippen molar-refractivity contribution in [1.82, 2.24) is 14.8 Å². The highest BCUT2D eigenvalue weighted by atomic mass is 35.5. The van der Waals surface area contributed by atoms with Crippen LogP contribution in [0.2, 0.25) is 5.02 Å². The van der Waals surface area contributed by atoms with Crippen LogP contribution in [0.4, 0.5) is 0 Å². The van der Waals surface area contributed by atoms with Gasteiger partial charge in [-0.25, -0.2) is 0 Å². The van der Waals surface area contributed by atoms with Crippen molar-refractivity contribution in [3.05, 3.63) is 35.1 Å². The molecular weight excluding hydrogens is 250 g/mol. The van der Waals surface area contributed by atoms with Gasteiger partial charge in [-0.1, -0.05) is 37.6 Å². The fraction of sp³-hybridized carbons (Fsp3) is 0.385. The summed E-state index contributed by atoms with van der Waals surface area (Å²) in [6, 6.07) is 7.52. The quantitative estimate of drug-likeness (QED) is 0.925. The van der Waals surface area contributed by atoms with Crippen molar-refractivity contribution < 1.29 is 5.11 Å². The third-order valence-corrected chi connectivity index (χ3v) is 2.96. The summed E-state index contributed by atoms with van der Waals surface area (Å²) in [7, 11) is 0. The summed E-state index contributed by atoms with van der Waals surface area (Å²) in [5, 5.41) is 18.1. The number of benzene rings is 1. The number of halogens is 1. The van der Waals surface area contributed by atoms with E-state index >= 15 is 0 Å². The maximum atomic E-state index is 9.30. The van der Waals surface area contributed by atoms with Crippen molar-refractivity contribution in [1.29, 1.82) is 0 Å². The molecule has 0 saturated heterocycles. The van der Waals surface area contributed by atoms with Gasteiger partial charge >= 0.3 is 0 Å². The van der Waals surface area contributed by atoms with E-state index in [9.17, 15) is 5.11 Å². The van der Waals surface area contributed by atoms with Crippen LogP contribution in [0, 0.1) is 5.92 Å². The third-order valence-electron chi connectivity index (χ3n) is 2.63. The van der Waals surface area contributed by atoms with E-state index in [1.165, 1.54) is 0 Å². The molecule has 0 bridgehead atoms. The summed E-state index contributed by atoms with van der Waals surface area (Å²) >= 11 is 6.18. The van der Waals surface area contributed by atoms with Crippen LogP contribution >= 0.6 is 11.6 Å². The van der Waals surface area contributed by atoms with E-state index in [1.807, 2.05) is 28.8 Å². The number of nitrogens with zero attached hydrogens (tertiary/aromatic N) is 3. The molecule has 0 atom stereocenters. The van der Waals surface area contributed by atoms with E-state index in [4.69, 9.17) is 11.6 Å². The van der Waals surface area contributed by atoms with Crippen molar-refractivity contribution in [3.63, 3.8) is 0 Å². The molecular formula is C13H16ClN3O. The van der Waals surface area contributed by atoms with Gasteiger partial charge in [-0.15, -0.1) is 10.2 Å². The number of hydrogen-bond donors (Lipinski definition) is 1. The van der Waals surface area contributed by atoms with E-state index in [0.29, 0.717) is 22.6 Å². The standard InChI is InChI=1S/C13H16ClN3O/c1-9(2)7-17-12(8-18)15-16-13(17)10-5-3-4-6-11(10)14/h3-6,9,18H,7-8H2,1-2H3. The second kappa shape index (κ2) is 5.50. The first-order valence-electron chi connectivity index (χ1n) is 5.91. The predicted octanol–water partition coefficient (Wildman–Crippen LogP) is 2.75. The van der Waals surface area contributed by atoms with Crippen LogP contribution in [-0.2, 0) is 13.2 Å². The first-order chi connectivity index (χ1) is 8.63. The number of aliphatic hydroxyl groups excluding tert-OH is 1. The summed E-state index contributed by atoms with van der Waals surface area (Å²) in [6.45, 7) is 4.85. The van der Waals surface area contributed by atoms with Gasteiger partial charge in [0.15, 0.2) is 11.6 Å². The molecule has 0 aliphatic heterocycles. The molecule has 1 aromatic carbocycles. The van der Waals surface area contributed by atoms with Crippen molar-refractivity contribution in [2.24, 2.45) is 5.92 Å². The lowest BCUT2D eigenvalue weighted by Gasteiger charge is -2.12. The zero-order valence-corrected chi connectivity index (χ0v) is 11.2. The Morgan fingerprint density at radius 3 is 2.61 bits per heavy atom. The Morgan fingerprint density at radius 1 is 1.28 bits per heavy atom. The minimum absolute atomic E-state index is 0.121. The molecule has 0 aliphatic rings. The maximum Gasteiger partial charge on any atom is 0.165 e. The Kier molecular flexibility index (Phi) is 3.99. The average molecular weight is 266 g/mol. The molecule has 0 unspecified atom stereocenters. The number of aliphatic hydroxyl groups is 1. The maximum absolute atomic E-state index is 9.30. The fourth-order valence-corrected chi connectivity index (χ4v) is 2.07. The topological polar surface area (TPSA) is 50.9 Å². The van der Waals surface area contributed by atoms with Gasteiger partial charge < -0.3 is 9.67 Å².